The molecule has 114 valence electrons. The van der Waals surface area contributed by atoms with Crippen LogP contribution >= 0.6 is 0 Å². The summed E-state index contributed by atoms with van der Waals surface area (Å²) in [6.07, 6.45) is 3.85. The Morgan fingerprint density at radius 2 is 1.85 bits per heavy atom. The van der Waals surface area contributed by atoms with Crippen LogP contribution in [0.2, 0.25) is 0 Å². The van der Waals surface area contributed by atoms with Gasteiger partial charge in [0.25, 0.3) is 0 Å². The predicted octanol–water partition coefficient (Wildman–Crippen LogP) is 5.23. The Bertz CT molecular complexity index is 454. The third kappa shape index (κ3) is 1.59. The Hall–Kier alpha value is -0.560. The molecule has 2 bridgehead atoms. The van der Waals surface area contributed by atoms with E-state index in [2.05, 4.69) is 61.1 Å². The highest BCUT2D eigenvalue weighted by Gasteiger charge is 2.66. The standard InChI is InChI=1S/C19H32O/c1-12(2)19-11-10-13(3)15(18(19,7)8)16(20-9)17(5,6)14(19)4/h10,14-16H,1,11H2,2-9H3/t14?,15-,16?,19?/m1/s1. The van der Waals surface area contributed by atoms with Gasteiger partial charge in [-0.05, 0) is 37.0 Å². The van der Waals surface area contributed by atoms with E-state index in [-0.39, 0.29) is 22.3 Å². The first kappa shape index (κ1) is 15.8. The molecule has 0 N–H and O–H groups in total. The molecule has 1 fully saturated rings. The summed E-state index contributed by atoms with van der Waals surface area (Å²) in [7, 11) is 1.88. The van der Waals surface area contributed by atoms with Crippen LogP contribution < -0.4 is 0 Å². The van der Waals surface area contributed by atoms with E-state index in [0.29, 0.717) is 11.8 Å². The molecule has 20 heavy (non-hydrogen) atoms. The summed E-state index contributed by atoms with van der Waals surface area (Å²) in [5.74, 6) is 1.03. The number of rotatable bonds is 2. The lowest BCUT2D eigenvalue weighted by Crippen LogP contribution is -2.65. The van der Waals surface area contributed by atoms with Crippen molar-refractivity contribution in [2.75, 3.05) is 7.11 Å². The van der Waals surface area contributed by atoms with Gasteiger partial charge >= 0.3 is 0 Å². The molecular weight excluding hydrogens is 244 g/mol. The van der Waals surface area contributed by atoms with Crippen molar-refractivity contribution in [3.05, 3.63) is 23.8 Å². The molecule has 2 aliphatic carbocycles. The van der Waals surface area contributed by atoms with Crippen molar-refractivity contribution in [3.8, 4) is 0 Å². The zero-order valence-electron chi connectivity index (χ0n) is 14.6. The zero-order valence-corrected chi connectivity index (χ0v) is 14.6. The minimum absolute atomic E-state index is 0.156. The maximum absolute atomic E-state index is 6.02. The smallest absolute Gasteiger partial charge is 0.0695 e. The number of allylic oxidation sites excluding steroid dienone is 2. The van der Waals surface area contributed by atoms with Crippen molar-refractivity contribution in [1.82, 2.24) is 0 Å². The van der Waals surface area contributed by atoms with Gasteiger partial charge in [-0.25, -0.2) is 0 Å². The van der Waals surface area contributed by atoms with Crippen molar-refractivity contribution < 1.29 is 4.74 Å². The lowest BCUT2D eigenvalue weighted by Gasteiger charge is -2.68. The topological polar surface area (TPSA) is 9.23 Å². The molecule has 2 aliphatic rings. The van der Waals surface area contributed by atoms with Crippen LogP contribution in [0.4, 0.5) is 0 Å². The molecule has 0 aliphatic heterocycles. The molecule has 1 heteroatoms. The largest absolute Gasteiger partial charge is 0.380 e. The van der Waals surface area contributed by atoms with Crippen LogP contribution in [0.1, 0.15) is 54.9 Å². The van der Waals surface area contributed by atoms with E-state index >= 15 is 0 Å². The number of hydrogen-bond acceptors (Lipinski definition) is 1. The average molecular weight is 276 g/mol. The maximum atomic E-state index is 6.02. The SMILES string of the molecule is C=C(C)C12CC=C(C)[C@H](C(OC)C(C)(C)C1C)C2(C)C. The molecular formula is C19H32O. The molecule has 0 aromatic heterocycles. The Labute approximate surface area is 125 Å². The van der Waals surface area contributed by atoms with E-state index < -0.39 is 0 Å². The molecule has 1 nitrogen and oxygen atoms in total. The first-order valence-electron chi connectivity index (χ1n) is 7.90. The third-order valence-corrected chi connectivity index (χ3v) is 7.07. The Balaban J connectivity index is 2.75. The molecule has 0 aromatic rings. The van der Waals surface area contributed by atoms with E-state index in [0.717, 1.165) is 6.42 Å². The van der Waals surface area contributed by atoms with Crippen LogP contribution in [0, 0.1) is 28.1 Å². The second-order valence-electron chi connectivity index (χ2n) is 8.30. The average Bonchev–Trinajstić information content (AvgIpc) is 2.31. The van der Waals surface area contributed by atoms with Crippen molar-refractivity contribution in [2.24, 2.45) is 28.1 Å². The van der Waals surface area contributed by atoms with E-state index in [1.807, 2.05) is 7.11 Å². The molecule has 0 amide bonds. The highest BCUT2D eigenvalue weighted by Crippen LogP contribution is 2.69. The summed E-state index contributed by atoms with van der Waals surface area (Å²) >= 11 is 0. The van der Waals surface area contributed by atoms with Crippen LogP contribution in [0.15, 0.2) is 23.8 Å². The molecule has 4 atom stereocenters. The third-order valence-electron chi connectivity index (χ3n) is 7.07. The van der Waals surface area contributed by atoms with Gasteiger partial charge in [-0.1, -0.05) is 58.4 Å². The normalized spacial score (nSPS) is 42.0. The van der Waals surface area contributed by atoms with E-state index in [4.69, 9.17) is 4.74 Å². The Morgan fingerprint density at radius 3 is 2.30 bits per heavy atom. The summed E-state index contributed by atoms with van der Waals surface area (Å²) in [6.45, 7) is 21.0. The van der Waals surface area contributed by atoms with Gasteiger partial charge in [0.2, 0.25) is 0 Å². The fraction of sp³-hybridized carbons (Fsp3) is 0.789. The van der Waals surface area contributed by atoms with Gasteiger partial charge in [0, 0.05) is 18.4 Å². The van der Waals surface area contributed by atoms with Crippen LogP contribution in [-0.2, 0) is 4.74 Å². The molecule has 0 heterocycles. The molecule has 0 radical (unpaired) electrons. The first-order valence-corrected chi connectivity index (χ1v) is 7.90. The van der Waals surface area contributed by atoms with Crippen molar-refractivity contribution in [3.63, 3.8) is 0 Å². The van der Waals surface area contributed by atoms with E-state index in [1.54, 1.807) is 0 Å². The molecule has 0 aromatic carbocycles. The quantitative estimate of drug-likeness (QED) is 0.627. The monoisotopic (exact) mass is 276 g/mol. The summed E-state index contributed by atoms with van der Waals surface area (Å²) < 4.78 is 6.02. The lowest BCUT2D eigenvalue weighted by atomic mass is 9.37. The Morgan fingerprint density at radius 1 is 1.30 bits per heavy atom. The number of hydrogen-bond donors (Lipinski definition) is 0. The zero-order chi connectivity index (χ0) is 15.5. The minimum atomic E-state index is 0.156. The summed E-state index contributed by atoms with van der Waals surface area (Å²) in [5.41, 5.74) is 3.36. The summed E-state index contributed by atoms with van der Waals surface area (Å²) in [6, 6.07) is 0. The van der Waals surface area contributed by atoms with Gasteiger partial charge in [0.05, 0.1) is 6.10 Å². The Kier molecular flexibility index (Phi) is 3.53. The summed E-state index contributed by atoms with van der Waals surface area (Å²) in [4.78, 5) is 0. The molecule has 3 unspecified atom stereocenters. The van der Waals surface area contributed by atoms with Crippen molar-refractivity contribution >= 4 is 0 Å². The van der Waals surface area contributed by atoms with Crippen LogP contribution in [0.5, 0.6) is 0 Å². The van der Waals surface area contributed by atoms with Crippen LogP contribution in [0.25, 0.3) is 0 Å². The molecule has 0 spiro atoms. The maximum Gasteiger partial charge on any atom is 0.0695 e. The van der Waals surface area contributed by atoms with Gasteiger partial charge in [0.15, 0.2) is 0 Å². The molecule has 0 saturated heterocycles. The second-order valence-corrected chi connectivity index (χ2v) is 8.30. The van der Waals surface area contributed by atoms with Gasteiger partial charge in [-0.3, -0.25) is 0 Å². The van der Waals surface area contributed by atoms with Crippen molar-refractivity contribution in [2.45, 2.75) is 61.0 Å². The predicted molar refractivity (Wildman–Crippen MR) is 86.6 cm³/mol. The fourth-order valence-corrected chi connectivity index (χ4v) is 5.76. The highest BCUT2D eigenvalue weighted by atomic mass is 16.5. The highest BCUT2D eigenvalue weighted by molar-refractivity contribution is 5.33. The number of ether oxygens (including phenoxy) is 1. The fourth-order valence-electron chi connectivity index (χ4n) is 5.76. The molecule has 2 rings (SSSR count). The van der Waals surface area contributed by atoms with Gasteiger partial charge in [-0.15, -0.1) is 0 Å². The first-order chi connectivity index (χ1) is 9.05. The van der Waals surface area contributed by atoms with Crippen LogP contribution in [-0.4, -0.2) is 13.2 Å². The van der Waals surface area contributed by atoms with Crippen LogP contribution in [0.3, 0.4) is 0 Å². The lowest BCUT2D eigenvalue weighted by molar-refractivity contribution is -0.194. The second kappa shape index (κ2) is 4.47. The van der Waals surface area contributed by atoms with E-state index in [1.165, 1.54) is 11.1 Å². The van der Waals surface area contributed by atoms with Crippen molar-refractivity contribution in [1.29, 1.82) is 0 Å². The van der Waals surface area contributed by atoms with Gasteiger partial charge in [-0.2, -0.15) is 0 Å². The number of methoxy groups -OCH3 is 1. The van der Waals surface area contributed by atoms with Gasteiger partial charge in [0.1, 0.15) is 0 Å². The minimum Gasteiger partial charge on any atom is -0.380 e. The molecule has 1 saturated carbocycles. The van der Waals surface area contributed by atoms with E-state index in [9.17, 15) is 0 Å². The van der Waals surface area contributed by atoms with Gasteiger partial charge < -0.3 is 4.74 Å². The number of fused-ring (bicyclic) bond motifs is 2. The summed E-state index contributed by atoms with van der Waals surface area (Å²) in [5, 5.41) is 0.